The minimum Gasteiger partial charge on any atom is -0.483 e. The average molecular weight is 489 g/mol. The van der Waals surface area contributed by atoms with Crippen LogP contribution >= 0.6 is 11.8 Å². The van der Waals surface area contributed by atoms with Crippen molar-refractivity contribution >= 4 is 17.7 Å². The highest BCUT2D eigenvalue weighted by Crippen LogP contribution is 2.52. The number of carbonyl (C=O) groups is 1. The van der Waals surface area contributed by atoms with Crippen LogP contribution in [0.15, 0.2) is 29.4 Å². The van der Waals surface area contributed by atoms with Crippen molar-refractivity contribution in [2.24, 2.45) is 17.8 Å². The number of amides is 1. The number of ether oxygens (including phenoxy) is 1. The Morgan fingerprint density at radius 3 is 2.50 bits per heavy atom. The molecule has 1 heterocycles. The third kappa shape index (κ3) is 5.26. The van der Waals surface area contributed by atoms with Crippen molar-refractivity contribution in [2.75, 3.05) is 5.75 Å². The molecule has 0 aliphatic heterocycles. The Morgan fingerprint density at radius 2 is 1.88 bits per heavy atom. The van der Waals surface area contributed by atoms with Crippen molar-refractivity contribution < 1.29 is 13.9 Å². The van der Waals surface area contributed by atoms with Gasteiger partial charge in [-0.3, -0.25) is 9.36 Å². The van der Waals surface area contributed by atoms with Crippen LogP contribution in [-0.4, -0.2) is 43.4 Å². The highest BCUT2D eigenvalue weighted by molar-refractivity contribution is 7.99. The van der Waals surface area contributed by atoms with Gasteiger partial charge >= 0.3 is 0 Å². The lowest BCUT2D eigenvalue weighted by atomic mass is 9.84. The molecule has 0 radical (unpaired) electrons. The standard InChI is InChI=1S/C26H37FN4O2S/c1-16(2)30(17(3)4)25(32)15-34-26-29-28-24(14-33-23-9-7-6-8-22(23)27)31(26)18(5)21-13-19-10-11-20(21)12-19/h6-9,16-21H,10-15H2,1-5H3/t18-,19+,20+,21-/m1/s1. The Labute approximate surface area is 206 Å². The molecule has 1 aromatic carbocycles. The molecular formula is C26H37FN4O2S. The predicted octanol–water partition coefficient (Wildman–Crippen LogP) is 5.73. The van der Waals surface area contributed by atoms with Crippen molar-refractivity contribution in [3.63, 3.8) is 0 Å². The van der Waals surface area contributed by atoms with Crippen LogP contribution in [-0.2, 0) is 11.4 Å². The fraction of sp³-hybridized carbons (Fsp3) is 0.654. The summed E-state index contributed by atoms with van der Waals surface area (Å²) in [5.74, 6) is 3.04. The summed E-state index contributed by atoms with van der Waals surface area (Å²) in [5.41, 5.74) is 0. The number of nitrogens with zero attached hydrogens (tertiary/aromatic N) is 4. The van der Waals surface area contributed by atoms with E-state index >= 15 is 0 Å². The topological polar surface area (TPSA) is 60.3 Å². The van der Waals surface area contributed by atoms with E-state index in [-0.39, 0.29) is 36.4 Å². The molecule has 0 unspecified atom stereocenters. The lowest BCUT2D eigenvalue weighted by Crippen LogP contribution is -2.43. The van der Waals surface area contributed by atoms with Gasteiger partial charge in [-0.05, 0) is 83.8 Å². The summed E-state index contributed by atoms with van der Waals surface area (Å²) in [7, 11) is 0. The molecule has 1 aromatic heterocycles. The van der Waals surface area contributed by atoms with Crippen molar-refractivity contribution in [1.82, 2.24) is 19.7 Å². The number of aromatic nitrogens is 3. The van der Waals surface area contributed by atoms with Gasteiger partial charge in [0.2, 0.25) is 5.91 Å². The van der Waals surface area contributed by atoms with Gasteiger partial charge in [0.25, 0.3) is 0 Å². The lowest BCUT2D eigenvalue weighted by Gasteiger charge is -2.31. The van der Waals surface area contributed by atoms with Crippen LogP contribution in [0, 0.1) is 23.6 Å². The fourth-order valence-electron chi connectivity index (χ4n) is 6.07. The van der Waals surface area contributed by atoms with E-state index in [4.69, 9.17) is 4.74 Å². The van der Waals surface area contributed by atoms with Crippen LogP contribution < -0.4 is 4.74 Å². The number of carbonyl (C=O) groups excluding carboxylic acids is 1. The summed E-state index contributed by atoms with van der Waals surface area (Å²) in [4.78, 5) is 14.9. The van der Waals surface area contributed by atoms with Gasteiger partial charge in [-0.15, -0.1) is 10.2 Å². The van der Waals surface area contributed by atoms with Gasteiger partial charge in [-0.1, -0.05) is 30.3 Å². The molecule has 2 aromatic rings. The normalized spacial score (nSPS) is 22.5. The molecule has 1 amide bonds. The SMILES string of the molecule is CC(C)N(C(=O)CSc1nnc(COc2ccccc2F)n1[C@H](C)[C@H]1C[C@H]2CC[C@H]1C2)C(C)C. The molecule has 34 heavy (non-hydrogen) atoms. The van der Waals surface area contributed by atoms with Gasteiger partial charge < -0.3 is 9.64 Å². The monoisotopic (exact) mass is 488 g/mol. The van der Waals surface area contributed by atoms with Crippen molar-refractivity contribution in [1.29, 1.82) is 0 Å². The van der Waals surface area contributed by atoms with Crippen LogP contribution in [0.25, 0.3) is 0 Å². The van der Waals surface area contributed by atoms with E-state index in [0.29, 0.717) is 17.5 Å². The number of para-hydroxylation sites is 1. The molecule has 0 N–H and O–H groups in total. The van der Waals surface area contributed by atoms with Gasteiger partial charge in [0.1, 0.15) is 6.61 Å². The van der Waals surface area contributed by atoms with E-state index in [1.807, 2.05) is 32.6 Å². The minimum atomic E-state index is -0.391. The first-order valence-electron chi connectivity index (χ1n) is 12.5. The Morgan fingerprint density at radius 1 is 1.15 bits per heavy atom. The molecule has 4 atom stereocenters. The quantitative estimate of drug-likeness (QED) is 0.400. The first kappa shape index (κ1) is 25.0. The Balaban J connectivity index is 1.54. The molecule has 0 saturated heterocycles. The predicted molar refractivity (Wildman–Crippen MR) is 132 cm³/mol. The summed E-state index contributed by atoms with van der Waals surface area (Å²) in [5, 5.41) is 9.63. The van der Waals surface area contributed by atoms with E-state index < -0.39 is 5.82 Å². The van der Waals surface area contributed by atoms with Gasteiger partial charge in [0, 0.05) is 18.1 Å². The maximum absolute atomic E-state index is 14.1. The molecule has 2 aliphatic carbocycles. The van der Waals surface area contributed by atoms with Gasteiger partial charge in [-0.2, -0.15) is 0 Å². The molecule has 6 nitrogen and oxygen atoms in total. The van der Waals surface area contributed by atoms with E-state index in [0.717, 1.165) is 17.0 Å². The van der Waals surface area contributed by atoms with Crippen LogP contribution in [0.4, 0.5) is 4.39 Å². The summed E-state index contributed by atoms with van der Waals surface area (Å²) in [6.45, 7) is 10.5. The molecule has 4 rings (SSSR count). The summed E-state index contributed by atoms with van der Waals surface area (Å²) < 4.78 is 22.1. The molecule has 2 aliphatic rings. The largest absolute Gasteiger partial charge is 0.483 e. The van der Waals surface area contributed by atoms with Crippen molar-refractivity contribution in [2.45, 2.75) is 90.2 Å². The molecule has 8 heteroatoms. The molecule has 2 bridgehead atoms. The first-order valence-corrected chi connectivity index (χ1v) is 13.5. The van der Waals surface area contributed by atoms with E-state index in [2.05, 4.69) is 21.7 Å². The zero-order valence-corrected chi connectivity index (χ0v) is 21.7. The number of halogens is 1. The highest BCUT2D eigenvalue weighted by Gasteiger charge is 2.43. The maximum Gasteiger partial charge on any atom is 0.233 e. The summed E-state index contributed by atoms with van der Waals surface area (Å²) in [6.07, 6.45) is 5.18. The van der Waals surface area contributed by atoms with E-state index in [1.165, 1.54) is 43.5 Å². The van der Waals surface area contributed by atoms with Gasteiger partial charge in [0.15, 0.2) is 22.5 Å². The zero-order chi connectivity index (χ0) is 24.4. The number of fused-ring (bicyclic) bond motifs is 2. The lowest BCUT2D eigenvalue weighted by molar-refractivity contribution is -0.131. The Bertz CT molecular complexity index is 987. The highest BCUT2D eigenvalue weighted by atomic mass is 32.2. The number of benzene rings is 1. The fourth-order valence-corrected chi connectivity index (χ4v) is 6.98. The van der Waals surface area contributed by atoms with Crippen LogP contribution in [0.1, 0.15) is 72.2 Å². The molecule has 0 spiro atoms. The second kappa shape index (κ2) is 10.7. The number of hydrogen-bond acceptors (Lipinski definition) is 5. The van der Waals surface area contributed by atoms with E-state index in [9.17, 15) is 9.18 Å². The summed E-state index contributed by atoms with van der Waals surface area (Å²) in [6, 6.07) is 6.89. The second-order valence-corrected chi connectivity index (χ2v) is 11.3. The van der Waals surface area contributed by atoms with E-state index in [1.54, 1.807) is 18.2 Å². The van der Waals surface area contributed by atoms with Crippen LogP contribution in [0.5, 0.6) is 5.75 Å². The minimum absolute atomic E-state index is 0.0984. The van der Waals surface area contributed by atoms with Crippen LogP contribution in [0.2, 0.25) is 0 Å². The Kier molecular flexibility index (Phi) is 7.85. The Hall–Kier alpha value is -2.09. The van der Waals surface area contributed by atoms with Crippen LogP contribution in [0.3, 0.4) is 0 Å². The van der Waals surface area contributed by atoms with Crippen molar-refractivity contribution in [3.8, 4) is 5.75 Å². The molecule has 2 saturated carbocycles. The molecule has 186 valence electrons. The number of thioether (sulfide) groups is 1. The van der Waals surface area contributed by atoms with Gasteiger partial charge in [0.05, 0.1) is 5.75 Å². The first-order chi connectivity index (χ1) is 16.3. The number of rotatable bonds is 10. The van der Waals surface area contributed by atoms with Crippen molar-refractivity contribution in [3.05, 3.63) is 35.9 Å². The number of hydrogen-bond donors (Lipinski definition) is 0. The average Bonchev–Trinajstić information content (AvgIpc) is 3.52. The third-order valence-corrected chi connectivity index (χ3v) is 8.40. The molecule has 2 fully saturated rings. The summed E-state index contributed by atoms with van der Waals surface area (Å²) >= 11 is 1.44. The zero-order valence-electron chi connectivity index (χ0n) is 20.9. The van der Waals surface area contributed by atoms with Gasteiger partial charge in [-0.25, -0.2) is 4.39 Å². The molecular weight excluding hydrogens is 451 g/mol. The second-order valence-electron chi connectivity index (χ2n) is 10.3. The third-order valence-electron chi connectivity index (χ3n) is 7.47. The smallest absolute Gasteiger partial charge is 0.233 e. The maximum atomic E-state index is 14.1.